The average molecular weight is 299 g/mol. The van der Waals surface area contributed by atoms with E-state index < -0.39 is 18.0 Å². The predicted octanol–water partition coefficient (Wildman–Crippen LogP) is 0.380. The van der Waals surface area contributed by atoms with E-state index in [1.54, 1.807) is 4.90 Å². The molecule has 118 valence electrons. The molecule has 2 rings (SSSR count). The molecule has 1 saturated carbocycles. The predicted molar refractivity (Wildman–Crippen MR) is 72.8 cm³/mol. The lowest BCUT2D eigenvalue weighted by atomic mass is 10.0. The normalized spacial score (nSPS) is 28.2. The first-order valence-electron chi connectivity index (χ1n) is 7.14. The molecule has 1 aliphatic heterocycles. The molecule has 0 aromatic rings. The molecule has 0 bridgehead atoms. The lowest BCUT2D eigenvalue weighted by Gasteiger charge is -2.23. The molecule has 0 aromatic carbocycles. The summed E-state index contributed by atoms with van der Waals surface area (Å²) in [4.78, 5) is 36.0. The third-order valence-electron chi connectivity index (χ3n) is 4.12. The van der Waals surface area contributed by atoms with Gasteiger partial charge in [-0.25, -0.2) is 9.59 Å². The van der Waals surface area contributed by atoms with Crippen molar-refractivity contribution in [2.45, 2.75) is 37.8 Å². The van der Waals surface area contributed by atoms with Gasteiger partial charge in [0.15, 0.2) is 0 Å². The Kier molecular flexibility index (Phi) is 4.87. The van der Waals surface area contributed by atoms with Gasteiger partial charge in [0.25, 0.3) is 0 Å². The number of alkyl carbamates (subject to hydrolysis) is 1. The molecule has 3 amide bonds. The first-order chi connectivity index (χ1) is 10.0. The maximum atomic E-state index is 12.1. The number of carbonyl (C=O) groups excluding carboxylic acids is 2. The Hall–Kier alpha value is -1.99. The minimum Gasteiger partial charge on any atom is -0.481 e. The van der Waals surface area contributed by atoms with E-state index in [9.17, 15) is 14.4 Å². The Morgan fingerprint density at radius 2 is 1.95 bits per heavy atom. The molecule has 1 heterocycles. The smallest absolute Gasteiger partial charge is 0.407 e. The fourth-order valence-corrected chi connectivity index (χ4v) is 2.97. The van der Waals surface area contributed by atoms with E-state index in [0.717, 1.165) is 6.42 Å². The van der Waals surface area contributed by atoms with Crippen molar-refractivity contribution in [1.82, 2.24) is 15.5 Å². The van der Waals surface area contributed by atoms with Crippen molar-refractivity contribution in [1.29, 1.82) is 0 Å². The fraction of sp³-hybridized carbons (Fsp3) is 0.769. The van der Waals surface area contributed by atoms with Crippen LogP contribution in [0.25, 0.3) is 0 Å². The van der Waals surface area contributed by atoms with Crippen molar-refractivity contribution in [3.05, 3.63) is 0 Å². The minimum absolute atomic E-state index is 0.123. The lowest BCUT2D eigenvalue weighted by molar-refractivity contribution is -0.142. The van der Waals surface area contributed by atoms with Gasteiger partial charge < -0.3 is 25.4 Å². The monoisotopic (exact) mass is 299 g/mol. The number of likely N-dealkylation sites (tertiary alicyclic amines) is 1. The number of hydrogen-bond donors (Lipinski definition) is 3. The molecule has 3 N–H and O–H groups in total. The molecule has 8 nitrogen and oxygen atoms in total. The Morgan fingerprint density at radius 3 is 2.62 bits per heavy atom. The number of aliphatic carboxylic acids is 1. The summed E-state index contributed by atoms with van der Waals surface area (Å²) in [7, 11) is 1.29. The summed E-state index contributed by atoms with van der Waals surface area (Å²) in [6.45, 7) is 0.941. The van der Waals surface area contributed by atoms with Crippen LogP contribution in [-0.2, 0) is 9.53 Å². The second-order valence-corrected chi connectivity index (χ2v) is 5.50. The SMILES string of the molecule is COC(=O)NC1CCN(C(=O)NC2CCCC2C(=O)O)C1. The number of carbonyl (C=O) groups is 3. The highest BCUT2D eigenvalue weighted by Gasteiger charge is 2.36. The van der Waals surface area contributed by atoms with Gasteiger partial charge in [-0.15, -0.1) is 0 Å². The standard InChI is InChI=1S/C13H21N3O5/c1-21-13(20)14-8-5-6-16(7-8)12(19)15-10-4-2-3-9(10)11(17)18/h8-10H,2-7H2,1H3,(H,14,20)(H,15,19)(H,17,18). The minimum atomic E-state index is -0.857. The number of methoxy groups -OCH3 is 1. The van der Waals surface area contributed by atoms with Crippen molar-refractivity contribution in [2.75, 3.05) is 20.2 Å². The number of ether oxygens (including phenoxy) is 1. The van der Waals surface area contributed by atoms with Crippen LogP contribution in [0.3, 0.4) is 0 Å². The van der Waals surface area contributed by atoms with Crippen LogP contribution in [0.4, 0.5) is 9.59 Å². The van der Waals surface area contributed by atoms with Crippen LogP contribution in [0, 0.1) is 5.92 Å². The summed E-state index contributed by atoms with van der Waals surface area (Å²) in [5.74, 6) is -1.36. The van der Waals surface area contributed by atoms with E-state index >= 15 is 0 Å². The second kappa shape index (κ2) is 6.64. The highest BCUT2D eigenvalue weighted by Crippen LogP contribution is 2.26. The number of amides is 3. The summed E-state index contributed by atoms with van der Waals surface area (Å²) in [5, 5.41) is 14.6. The molecule has 8 heteroatoms. The Bertz CT molecular complexity index is 428. The number of nitrogens with one attached hydrogen (secondary N) is 2. The second-order valence-electron chi connectivity index (χ2n) is 5.50. The lowest BCUT2D eigenvalue weighted by Crippen LogP contribution is -2.47. The first kappa shape index (κ1) is 15.4. The van der Waals surface area contributed by atoms with Gasteiger partial charge in [-0.05, 0) is 19.3 Å². The molecule has 0 aromatic heterocycles. The number of urea groups is 1. The molecule has 21 heavy (non-hydrogen) atoms. The van der Waals surface area contributed by atoms with E-state index in [0.29, 0.717) is 32.4 Å². The van der Waals surface area contributed by atoms with Crippen LogP contribution in [0.1, 0.15) is 25.7 Å². The molecule has 3 unspecified atom stereocenters. The largest absolute Gasteiger partial charge is 0.481 e. The van der Waals surface area contributed by atoms with Gasteiger partial charge in [-0.2, -0.15) is 0 Å². The Labute approximate surface area is 122 Å². The maximum absolute atomic E-state index is 12.1. The van der Waals surface area contributed by atoms with Crippen molar-refractivity contribution >= 4 is 18.1 Å². The molecular formula is C13H21N3O5. The third-order valence-corrected chi connectivity index (χ3v) is 4.12. The fourth-order valence-electron chi connectivity index (χ4n) is 2.97. The van der Waals surface area contributed by atoms with Crippen LogP contribution >= 0.6 is 0 Å². The molecule has 0 spiro atoms. The van der Waals surface area contributed by atoms with Crippen LogP contribution < -0.4 is 10.6 Å². The number of carboxylic acid groups (broad SMARTS) is 1. The van der Waals surface area contributed by atoms with Crippen molar-refractivity contribution in [2.24, 2.45) is 5.92 Å². The molecular weight excluding hydrogens is 278 g/mol. The zero-order valence-electron chi connectivity index (χ0n) is 12.0. The molecule has 0 radical (unpaired) electrons. The summed E-state index contributed by atoms with van der Waals surface area (Å²) >= 11 is 0. The molecule has 1 saturated heterocycles. The van der Waals surface area contributed by atoms with Crippen molar-refractivity contribution in [3.63, 3.8) is 0 Å². The highest BCUT2D eigenvalue weighted by molar-refractivity contribution is 5.77. The third kappa shape index (κ3) is 3.77. The van der Waals surface area contributed by atoms with Gasteiger partial charge in [-0.1, -0.05) is 6.42 Å². The number of hydrogen-bond acceptors (Lipinski definition) is 4. The van der Waals surface area contributed by atoms with Gasteiger partial charge in [0.2, 0.25) is 0 Å². The van der Waals surface area contributed by atoms with Gasteiger partial charge in [0.1, 0.15) is 0 Å². The zero-order chi connectivity index (χ0) is 15.4. The maximum Gasteiger partial charge on any atom is 0.407 e. The molecule has 1 aliphatic carbocycles. The van der Waals surface area contributed by atoms with E-state index in [4.69, 9.17) is 5.11 Å². The summed E-state index contributed by atoms with van der Waals surface area (Å²) in [6.07, 6.45) is 2.26. The summed E-state index contributed by atoms with van der Waals surface area (Å²) in [5.41, 5.74) is 0. The number of nitrogens with zero attached hydrogens (tertiary/aromatic N) is 1. The Morgan fingerprint density at radius 1 is 1.19 bits per heavy atom. The van der Waals surface area contributed by atoms with Crippen LogP contribution in [0.15, 0.2) is 0 Å². The number of carboxylic acids is 1. The topological polar surface area (TPSA) is 108 Å². The van der Waals surface area contributed by atoms with E-state index in [1.165, 1.54) is 7.11 Å². The molecule has 3 atom stereocenters. The average Bonchev–Trinajstić information content (AvgIpc) is 3.07. The van der Waals surface area contributed by atoms with Crippen LogP contribution in [0.2, 0.25) is 0 Å². The van der Waals surface area contributed by atoms with Crippen molar-refractivity contribution < 1.29 is 24.2 Å². The first-order valence-corrected chi connectivity index (χ1v) is 7.14. The van der Waals surface area contributed by atoms with Crippen LogP contribution in [0.5, 0.6) is 0 Å². The van der Waals surface area contributed by atoms with Gasteiger partial charge in [0, 0.05) is 19.1 Å². The number of rotatable bonds is 3. The van der Waals surface area contributed by atoms with Gasteiger partial charge >= 0.3 is 18.1 Å². The molecule has 2 fully saturated rings. The van der Waals surface area contributed by atoms with E-state index in [1.807, 2.05) is 0 Å². The summed E-state index contributed by atoms with van der Waals surface area (Å²) < 4.78 is 4.52. The van der Waals surface area contributed by atoms with Crippen molar-refractivity contribution in [3.8, 4) is 0 Å². The molecule has 2 aliphatic rings. The van der Waals surface area contributed by atoms with E-state index in [2.05, 4.69) is 15.4 Å². The Balaban J connectivity index is 1.82. The van der Waals surface area contributed by atoms with Crippen LogP contribution in [-0.4, -0.2) is 60.4 Å². The summed E-state index contributed by atoms with van der Waals surface area (Å²) in [6, 6.07) is -0.688. The van der Waals surface area contributed by atoms with E-state index in [-0.39, 0.29) is 18.1 Å². The van der Waals surface area contributed by atoms with Gasteiger partial charge in [-0.3, -0.25) is 4.79 Å². The highest BCUT2D eigenvalue weighted by atomic mass is 16.5. The van der Waals surface area contributed by atoms with Gasteiger partial charge in [0.05, 0.1) is 19.1 Å². The zero-order valence-corrected chi connectivity index (χ0v) is 12.0. The quantitative estimate of drug-likeness (QED) is 0.698.